The minimum Gasteiger partial charge on any atom is -0.508 e. The van der Waals surface area contributed by atoms with Crippen molar-refractivity contribution < 1.29 is 14.6 Å². The van der Waals surface area contributed by atoms with E-state index < -0.39 is 5.97 Å². The number of hydrogen-bond donors (Lipinski definition) is 1. The summed E-state index contributed by atoms with van der Waals surface area (Å²) in [6.45, 7) is 5.48. The lowest BCUT2D eigenvalue weighted by molar-refractivity contribution is 0.0512. The molecular weight excluding hydrogens is 356 g/mol. The van der Waals surface area contributed by atoms with Crippen molar-refractivity contribution in [3.8, 4) is 22.3 Å². The molecule has 0 radical (unpaired) electrons. The van der Waals surface area contributed by atoms with Crippen LogP contribution in [0.25, 0.3) is 16.5 Å². The van der Waals surface area contributed by atoms with Crippen LogP contribution in [0.2, 0.25) is 0 Å². The Morgan fingerprint density at radius 3 is 2.77 bits per heavy atom. The van der Waals surface area contributed by atoms with Gasteiger partial charge in [0, 0.05) is 22.8 Å². The lowest BCUT2D eigenvalue weighted by Crippen LogP contribution is -2.20. The van der Waals surface area contributed by atoms with Crippen molar-refractivity contribution in [1.82, 2.24) is 19.5 Å². The van der Waals surface area contributed by atoms with Crippen molar-refractivity contribution in [2.24, 2.45) is 0 Å². The van der Waals surface area contributed by atoms with Gasteiger partial charge in [-0.25, -0.2) is 19.7 Å². The van der Waals surface area contributed by atoms with Gasteiger partial charge in [-0.2, -0.15) is 0 Å². The number of aromatic nitrogens is 4. The molecular formula is C17H16N4O4S. The summed E-state index contributed by atoms with van der Waals surface area (Å²) in [6, 6.07) is 4.26. The predicted octanol–water partition coefficient (Wildman–Crippen LogP) is 2.25. The number of rotatable bonds is 4. The first kappa shape index (κ1) is 17.7. The number of carbonyl (C=O) groups excluding carboxylic acids is 1. The monoisotopic (exact) mass is 372 g/mol. The van der Waals surface area contributed by atoms with Gasteiger partial charge in [0.25, 0.3) is 5.56 Å². The zero-order chi connectivity index (χ0) is 18.8. The van der Waals surface area contributed by atoms with Crippen LogP contribution in [0.4, 0.5) is 0 Å². The highest BCUT2D eigenvalue weighted by Crippen LogP contribution is 2.28. The van der Waals surface area contributed by atoms with Gasteiger partial charge in [-0.1, -0.05) is 0 Å². The third-order valence-electron chi connectivity index (χ3n) is 3.52. The second-order valence-corrected chi connectivity index (χ2v) is 6.62. The lowest BCUT2D eigenvalue weighted by Gasteiger charge is -2.07. The number of carbonyl (C=O) groups is 1. The topological polar surface area (TPSA) is 107 Å². The van der Waals surface area contributed by atoms with Gasteiger partial charge < -0.3 is 9.84 Å². The van der Waals surface area contributed by atoms with Gasteiger partial charge in [0.2, 0.25) is 5.82 Å². The molecule has 1 N–H and O–H groups in total. The summed E-state index contributed by atoms with van der Waals surface area (Å²) in [5.41, 5.74) is 0.647. The van der Waals surface area contributed by atoms with E-state index in [0.717, 1.165) is 10.9 Å². The summed E-state index contributed by atoms with van der Waals surface area (Å²) in [5, 5.41) is 10.1. The van der Waals surface area contributed by atoms with Crippen molar-refractivity contribution >= 4 is 17.3 Å². The second kappa shape index (κ2) is 7.04. The summed E-state index contributed by atoms with van der Waals surface area (Å²) in [4.78, 5) is 37.5. The number of hydrogen-bond acceptors (Lipinski definition) is 8. The minimum absolute atomic E-state index is 0.0447. The molecule has 0 aliphatic heterocycles. The maximum atomic E-state index is 12.3. The molecule has 0 fully saturated rings. The van der Waals surface area contributed by atoms with E-state index in [1.165, 1.54) is 28.2 Å². The lowest BCUT2D eigenvalue weighted by atomic mass is 10.3. The van der Waals surface area contributed by atoms with Crippen LogP contribution >= 0.6 is 11.3 Å². The van der Waals surface area contributed by atoms with Crippen LogP contribution in [0.3, 0.4) is 0 Å². The van der Waals surface area contributed by atoms with E-state index in [1.807, 2.05) is 6.92 Å². The molecule has 0 bridgehead atoms. The quantitative estimate of drug-likeness (QED) is 0.700. The number of pyridine rings is 1. The van der Waals surface area contributed by atoms with Crippen LogP contribution in [0, 0.1) is 13.8 Å². The Bertz CT molecular complexity index is 1040. The van der Waals surface area contributed by atoms with Gasteiger partial charge in [0.15, 0.2) is 5.82 Å². The Hall–Kier alpha value is -3.07. The van der Waals surface area contributed by atoms with Gasteiger partial charge in [-0.05, 0) is 32.9 Å². The van der Waals surface area contributed by atoms with Crippen LogP contribution in [0.1, 0.15) is 28.1 Å². The summed E-state index contributed by atoms with van der Waals surface area (Å²) < 4.78 is 6.33. The number of aryl methyl sites for hydroxylation is 2. The maximum absolute atomic E-state index is 12.3. The van der Waals surface area contributed by atoms with E-state index in [2.05, 4.69) is 15.0 Å². The standard InChI is InChI=1S/C17H16N4O4S/c1-4-25-17(24)14-18-6-5-12(19-14)16-20-15(10(3)26-16)21-9(2)7-11(22)8-13(21)23/h5-8,22H,4H2,1-3H3. The summed E-state index contributed by atoms with van der Waals surface area (Å²) in [6.07, 6.45) is 1.46. The van der Waals surface area contributed by atoms with E-state index in [9.17, 15) is 14.7 Å². The highest BCUT2D eigenvalue weighted by molar-refractivity contribution is 7.15. The van der Waals surface area contributed by atoms with Crippen LogP contribution in [0.5, 0.6) is 5.75 Å². The fraction of sp³-hybridized carbons (Fsp3) is 0.235. The number of thiazole rings is 1. The molecule has 3 aromatic heterocycles. The van der Waals surface area contributed by atoms with E-state index in [1.54, 1.807) is 19.9 Å². The molecule has 8 nitrogen and oxygen atoms in total. The smallest absolute Gasteiger partial charge is 0.376 e. The Morgan fingerprint density at radius 2 is 2.08 bits per heavy atom. The Balaban J connectivity index is 2.06. The average molecular weight is 372 g/mol. The molecule has 26 heavy (non-hydrogen) atoms. The SMILES string of the molecule is CCOC(=O)c1nccc(-c2nc(-n3c(C)cc(O)cc3=O)c(C)s2)n1. The first-order chi connectivity index (χ1) is 12.4. The highest BCUT2D eigenvalue weighted by atomic mass is 32.1. The molecule has 0 saturated carbocycles. The molecule has 0 saturated heterocycles. The van der Waals surface area contributed by atoms with Crippen LogP contribution in [-0.2, 0) is 4.74 Å². The number of ether oxygens (including phenoxy) is 1. The number of esters is 1. The molecule has 3 heterocycles. The first-order valence-corrected chi connectivity index (χ1v) is 8.63. The highest BCUT2D eigenvalue weighted by Gasteiger charge is 2.17. The molecule has 134 valence electrons. The van der Waals surface area contributed by atoms with E-state index in [-0.39, 0.29) is 23.7 Å². The van der Waals surface area contributed by atoms with Gasteiger partial charge >= 0.3 is 5.97 Å². The van der Waals surface area contributed by atoms with Crippen molar-refractivity contribution in [3.63, 3.8) is 0 Å². The van der Waals surface area contributed by atoms with Gasteiger partial charge in [-0.3, -0.25) is 9.36 Å². The van der Waals surface area contributed by atoms with Crippen molar-refractivity contribution in [3.05, 3.63) is 51.1 Å². The maximum Gasteiger partial charge on any atom is 0.376 e. The van der Waals surface area contributed by atoms with Gasteiger partial charge in [0.05, 0.1) is 6.61 Å². The van der Waals surface area contributed by atoms with E-state index in [4.69, 9.17) is 4.74 Å². The molecule has 0 aromatic carbocycles. The molecule has 0 atom stereocenters. The molecule has 3 aromatic rings. The molecule has 0 amide bonds. The largest absolute Gasteiger partial charge is 0.508 e. The predicted molar refractivity (Wildman–Crippen MR) is 95.8 cm³/mol. The van der Waals surface area contributed by atoms with Gasteiger partial charge in [-0.15, -0.1) is 11.3 Å². The van der Waals surface area contributed by atoms with Crippen molar-refractivity contribution in [2.45, 2.75) is 20.8 Å². The average Bonchev–Trinajstić information content (AvgIpc) is 2.96. The van der Waals surface area contributed by atoms with Gasteiger partial charge in [0.1, 0.15) is 16.5 Å². The number of nitrogens with zero attached hydrogens (tertiary/aromatic N) is 4. The Morgan fingerprint density at radius 1 is 1.31 bits per heavy atom. The summed E-state index contributed by atoms with van der Waals surface area (Å²) >= 11 is 1.34. The van der Waals surface area contributed by atoms with Crippen molar-refractivity contribution in [2.75, 3.05) is 6.61 Å². The Kier molecular flexibility index (Phi) is 4.81. The van der Waals surface area contributed by atoms with E-state index in [0.29, 0.717) is 22.2 Å². The summed E-state index contributed by atoms with van der Waals surface area (Å²) in [5.74, 6) is -0.277. The summed E-state index contributed by atoms with van der Waals surface area (Å²) in [7, 11) is 0. The third-order valence-corrected chi connectivity index (χ3v) is 4.50. The third kappa shape index (κ3) is 3.33. The fourth-order valence-corrected chi connectivity index (χ4v) is 3.30. The van der Waals surface area contributed by atoms with Crippen LogP contribution < -0.4 is 5.56 Å². The van der Waals surface area contributed by atoms with Crippen molar-refractivity contribution in [1.29, 1.82) is 0 Å². The Labute approximate surface area is 152 Å². The second-order valence-electron chi connectivity index (χ2n) is 5.41. The molecule has 3 rings (SSSR count). The number of aromatic hydroxyl groups is 1. The molecule has 9 heteroatoms. The van der Waals surface area contributed by atoms with Crippen LogP contribution in [-0.4, -0.2) is 37.2 Å². The molecule has 0 aliphatic carbocycles. The van der Waals surface area contributed by atoms with E-state index >= 15 is 0 Å². The zero-order valence-electron chi connectivity index (χ0n) is 14.4. The molecule has 0 aliphatic rings. The first-order valence-electron chi connectivity index (χ1n) is 7.81. The molecule has 0 spiro atoms. The minimum atomic E-state index is -0.603. The molecule has 0 unspecified atom stereocenters. The fourth-order valence-electron chi connectivity index (χ4n) is 2.43. The zero-order valence-corrected chi connectivity index (χ0v) is 15.2. The van der Waals surface area contributed by atoms with Crippen LogP contribution in [0.15, 0.2) is 29.2 Å². The normalized spacial score (nSPS) is 10.7.